The fourth-order valence-corrected chi connectivity index (χ4v) is 2.36. The van der Waals surface area contributed by atoms with Crippen molar-refractivity contribution in [1.82, 2.24) is 0 Å². The van der Waals surface area contributed by atoms with E-state index in [0.29, 0.717) is 16.8 Å². The Morgan fingerprint density at radius 1 is 1.27 bits per heavy atom. The summed E-state index contributed by atoms with van der Waals surface area (Å²) in [6.07, 6.45) is -0.678. The van der Waals surface area contributed by atoms with Crippen molar-refractivity contribution in [3.63, 3.8) is 0 Å². The van der Waals surface area contributed by atoms with E-state index in [-0.39, 0.29) is 12.3 Å². The summed E-state index contributed by atoms with van der Waals surface area (Å²) in [4.78, 5) is 11.8. The number of amides is 1. The zero-order valence-electron chi connectivity index (χ0n) is 11.9. The molecule has 0 bridgehead atoms. The molecule has 0 aliphatic carbocycles. The number of rotatable bonds is 5. The number of ether oxygens (including phenoxy) is 2. The fraction of sp³-hybridized carbons (Fsp3) is 0.188. The Bertz CT molecular complexity index is 649. The van der Waals surface area contributed by atoms with Crippen LogP contribution in [0.15, 0.2) is 46.9 Å². The van der Waals surface area contributed by atoms with Crippen LogP contribution >= 0.6 is 15.9 Å². The van der Waals surface area contributed by atoms with Gasteiger partial charge in [0, 0.05) is 6.07 Å². The van der Waals surface area contributed by atoms with E-state index in [1.807, 2.05) is 30.3 Å². The lowest BCUT2D eigenvalue weighted by molar-refractivity contribution is 0.155. The van der Waals surface area contributed by atoms with Gasteiger partial charge in [0.2, 0.25) is 0 Å². The quantitative estimate of drug-likeness (QED) is 0.830. The van der Waals surface area contributed by atoms with Gasteiger partial charge in [0.05, 0.1) is 16.8 Å². The number of benzene rings is 2. The minimum absolute atomic E-state index is 0.132. The smallest absolute Gasteiger partial charge is 0.412 e. The molecular weight excluding hydrogens is 353 g/mol. The molecule has 0 unspecified atom stereocenters. The third-order valence-corrected chi connectivity index (χ3v) is 3.34. The second kappa shape index (κ2) is 7.79. The summed E-state index contributed by atoms with van der Waals surface area (Å²) in [6, 6.07) is 11.7. The first-order valence-corrected chi connectivity index (χ1v) is 7.49. The minimum atomic E-state index is -0.678. The van der Waals surface area contributed by atoms with Crippen LogP contribution < -0.4 is 10.1 Å². The van der Waals surface area contributed by atoms with E-state index in [9.17, 15) is 9.18 Å². The molecule has 0 spiro atoms. The first-order valence-electron chi connectivity index (χ1n) is 6.69. The van der Waals surface area contributed by atoms with Crippen LogP contribution in [0, 0.1) is 5.82 Å². The highest BCUT2D eigenvalue weighted by atomic mass is 79.9. The van der Waals surface area contributed by atoms with Crippen LogP contribution in [-0.4, -0.2) is 12.7 Å². The molecule has 0 saturated heterocycles. The van der Waals surface area contributed by atoms with Crippen molar-refractivity contribution in [2.24, 2.45) is 0 Å². The zero-order chi connectivity index (χ0) is 15.9. The summed E-state index contributed by atoms with van der Waals surface area (Å²) in [5.41, 5.74) is 1.08. The summed E-state index contributed by atoms with van der Waals surface area (Å²) in [7, 11) is 0. The largest absolute Gasteiger partial charge is 0.490 e. The molecule has 2 aromatic rings. The van der Waals surface area contributed by atoms with Crippen molar-refractivity contribution in [3.05, 3.63) is 58.3 Å². The Balaban J connectivity index is 2.04. The number of nitrogens with one attached hydrogen (secondary N) is 1. The number of anilines is 1. The number of hydrogen-bond donors (Lipinski definition) is 1. The van der Waals surface area contributed by atoms with Gasteiger partial charge in [0.1, 0.15) is 12.4 Å². The predicted octanol–water partition coefficient (Wildman–Crippen LogP) is 4.74. The van der Waals surface area contributed by atoms with E-state index in [4.69, 9.17) is 9.47 Å². The second-order valence-corrected chi connectivity index (χ2v) is 5.24. The van der Waals surface area contributed by atoms with Crippen molar-refractivity contribution in [2.75, 3.05) is 11.9 Å². The molecule has 0 saturated carbocycles. The van der Waals surface area contributed by atoms with Gasteiger partial charge in [0.15, 0.2) is 5.75 Å². The fourth-order valence-electron chi connectivity index (χ4n) is 1.81. The Kier molecular flexibility index (Phi) is 5.77. The van der Waals surface area contributed by atoms with Gasteiger partial charge in [-0.1, -0.05) is 30.3 Å². The normalized spacial score (nSPS) is 10.1. The summed E-state index contributed by atoms with van der Waals surface area (Å²) in [5.74, 6) is -0.130. The van der Waals surface area contributed by atoms with Gasteiger partial charge < -0.3 is 9.47 Å². The first kappa shape index (κ1) is 16.3. The molecule has 22 heavy (non-hydrogen) atoms. The van der Waals surface area contributed by atoms with Crippen LogP contribution in [0.5, 0.6) is 5.75 Å². The molecule has 4 nitrogen and oxygen atoms in total. The van der Waals surface area contributed by atoms with Crippen molar-refractivity contribution in [2.45, 2.75) is 13.5 Å². The highest BCUT2D eigenvalue weighted by Crippen LogP contribution is 2.34. The number of carbonyl (C=O) groups is 1. The van der Waals surface area contributed by atoms with E-state index >= 15 is 0 Å². The number of hydrogen-bond acceptors (Lipinski definition) is 3. The lowest BCUT2D eigenvalue weighted by Gasteiger charge is -2.13. The van der Waals surface area contributed by atoms with Gasteiger partial charge in [-0.3, -0.25) is 5.32 Å². The molecule has 116 valence electrons. The Labute approximate surface area is 136 Å². The maximum atomic E-state index is 13.5. The minimum Gasteiger partial charge on any atom is -0.490 e. The molecule has 2 aromatic carbocycles. The summed E-state index contributed by atoms with van der Waals surface area (Å²) in [5, 5.41) is 2.49. The van der Waals surface area contributed by atoms with Gasteiger partial charge in [-0.05, 0) is 34.5 Å². The third-order valence-electron chi connectivity index (χ3n) is 2.75. The van der Waals surface area contributed by atoms with Gasteiger partial charge >= 0.3 is 6.09 Å². The van der Waals surface area contributed by atoms with Gasteiger partial charge in [-0.2, -0.15) is 0 Å². The lowest BCUT2D eigenvalue weighted by Crippen LogP contribution is -2.15. The van der Waals surface area contributed by atoms with Crippen LogP contribution in [-0.2, 0) is 11.3 Å². The summed E-state index contributed by atoms with van der Waals surface area (Å²) >= 11 is 3.21. The zero-order valence-corrected chi connectivity index (χ0v) is 13.5. The van der Waals surface area contributed by atoms with Crippen LogP contribution in [0.2, 0.25) is 0 Å². The van der Waals surface area contributed by atoms with Crippen molar-refractivity contribution in [1.29, 1.82) is 0 Å². The van der Waals surface area contributed by atoms with E-state index in [1.165, 1.54) is 12.1 Å². The van der Waals surface area contributed by atoms with Crippen molar-refractivity contribution in [3.8, 4) is 5.75 Å². The molecule has 0 atom stereocenters. The average Bonchev–Trinajstić information content (AvgIpc) is 2.50. The van der Waals surface area contributed by atoms with Crippen LogP contribution in [0.3, 0.4) is 0 Å². The number of carbonyl (C=O) groups excluding carboxylic acids is 1. The maximum Gasteiger partial charge on any atom is 0.412 e. The van der Waals surface area contributed by atoms with Crippen molar-refractivity contribution >= 4 is 27.7 Å². The predicted molar refractivity (Wildman–Crippen MR) is 85.5 cm³/mol. The van der Waals surface area contributed by atoms with Crippen LogP contribution in [0.1, 0.15) is 12.5 Å². The molecule has 0 heterocycles. The summed E-state index contributed by atoms with van der Waals surface area (Å²) in [6.45, 7) is 2.32. The highest BCUT2D eigenvalue weighted by molar-refractivity contribution is 9.10. The Hall–Kier alpha value is -2.08. The highest BCUT2D eigenvalue weighted by Gasteiger charge is 2.14. The monoisotopic (exact) mass is 367 g/mol. The average molecular weight is 368 g/mol. The third kappa shape index (κ3) is 4.46. The molecule has 0 aliphatic heterocycles. The molecule has 1 N–H and O–H groups in total. The molecule has 6 heteroatoms. The topological polar surface area (TPSA) is 47.6 Å². The van der Waals surface area contributed by atoms with Crippen LogP contribution in [0.25, 0.3) is 0 Å². The van der Waals surface area contributed by atoms with Crippen LogP contribution in [0.4, 0.5) is 14.9 Å². The second-order valence-electron chi connectivity index (χ2n) is 4.38. The van der Waals surface area contributed by atoms with E-state index in [2.05, 4.69) is 21.2 Å². The summed E-state index contributed by atoms with van der Waals surface area (Å²) < 4.78 is 24.4. The van der Waals surface area contributed by atoms with Gasteiger partial charge in [-0.25, -0.2) is 9.18 Å². The lowest BCUT2D eigenvalue weighted by atomic mass is 10.2. The van der Waals surface area contributed by atoms with E-state index in [1.54, 1.807) is 6.92 Å². The van der Waals surface area contributed by atoms with Crippen molar-refractivity contribution < 1.29 is 18.7 Å². The molecule has 0 aliphatic rings. The molecular formula is C16H15BrFNO3. The molecule has 0 aromatic heterocycles. The molecule has 0 fully saturated rings. The Morgan fingerprint density at radius 3 is 2.68 bits per heavy atom. The molecule has 2 rings (SSSR count). The SMILES string of the molecule is CCOc1c(Br)cc(F)cc1NC(=O)OCc1ccccc1. The Morgan fingerprint density at radius 2 is 2.00 bits per heavy atom. The molecule has 1 amide bonds. The maximum absolute atomic E-state index is 13.5. The standard InChI is InChI=1S/C16H15BrFNO3/c1-2-21-15-13(17)8-12(18)9-14(15)19-16(20)22-10-11-6-4-3-5-7-11/h3-9H,2,10H2,1H3,(H,19,20). The number of halogens is 2. The van der Waals surface area contributed by atoms with Gasteiger partial charge in [-0.15, -0.1) is 0 Å². The van der Waals surface area contributed by atoms with E-state index in [0.717, 1.165) is 5.56 Å². The first-order chi connectivity index (χ1) is 10.6. The van der Waals surface area contributed by atoms with Gasteiger partial charge in [0.25, 0.3) is 0 Å². The van der Waals surface area contributed by atoms with E-state index < -0.39 is 11.9 Å². The molecule has 0 radical (unpaired) electrons.